The standard InChI is InChI=1S/C12H21NO3S/c1-9(7-12(15)16)13(2)11(14)8-10-5-3-4-6-17-10/h9-10H,3-8H2,1-2H3,(H,15,16). The maximum Gasteiger partial charge on any atom is 0.305 e. The third-order valence-corrected chi connectivity index (χ3v) is 4.60. The average molecular weight is 259 g/mol. The molecule has 98 valence electrons. The Morgan fingerprint density at radius 3 is 2.71 bits per heavy atom. The summed E-state index contributed by atoms with van der Waals surface area (Å²) in [5, 5.41) is 9.12. The lowest BCUT2D eigenvalue weighted by Gasteiger charge is -2.27. The monoisotopic (exact) mass is 259 g/mol. The Balaban J connectivity index is 2.37. The summed E-state index contributed by atoms with van der Waals surface area (Å²) in [6, 6.07) is -0.228. The fourth-order valence-corrected chi connectivity index (χ4v) is 3.24. The lowest BCUT2D eigenvalue weighted by molar-refractivity contribution is -0.139. The molecule has 0 aromatic carbocycles. The number of carbonyl (C=O) groups is 2. The van der Waals surface area contributed by atoms with Crippen LogP contribution in [0.1, 0.15) is 39.0 Å². The van der Waals surface area contributed by atoms with Crippen molar-refractivity contribution < 1.29 is 14.7 Å². The lowest BCUT2D eigenvalue weighted by Crippen LogP contribution is -2.38. The maximum absolute atomic E-state index is 12.0. The van der Waals surface area contributed by atoms with Gasteiger partial charge in [0.15, 0.2) is 0 Å². The number of hydrogen-bond acceptors (Lipinski definition) is 3. The zero-order valence-corrected chi connectivity index (χ0v) is 11.3. The Labute approximate surface area is 107 Å². The van der Waals surface area contributed by atoms with Gasteiger partial charge >= 0.3 is 5.97 Å². The Hall–Kier alpha value is -0.710. The molecule has 0 aromatic heterocycles. The van der Waals surface area contributed by atoms with Crippen molar-refractivity contribution in [3.63, 3.8) is 0 Å². The van der Waals surface area contributed by atoms with Gasteiger partial charge in [-0.15, -0.1) is 0 Å². The van der Waals surface area contributed by atoms with E-state index in [2.05, 4.69) is 0 Å². The van der Waals surface area contributed by atoms with Gasteiger partial charge in [0.2, 0.25) is 5.91 Å². The number of carboxylic acid groups (broad SMARTS) is 1. The maximum atomic E-state index is 12.0. The Morgan fingerprint density at radius 1 is 1.47 bits per heavy atom. The van der Waals surface area contributed by atoms with Gasteiger partial charge in [0.05, 0.1) is 6.42 Å². The third kappa shape index (κ3) is 4.98. The molecule has 1 amide bonds. The lowest BCUT2D eigenvalue weighted by atomic mass is 10.1. The number of thioether (sulfide) groups is 1. The molecule has 1 rings (SSSR count). The van der Waals surface area contributed by atoms with Crippen LogP contribution in [0.4, 0.5) is 0 Å². The van der Waals surface area contributed by atoms with Crippen LogP contribution in [0.5, 0.6) is 0 Å². The molecule has 0 aliphatic carbocycles. The van der Waals surface area contributed by atoms with Crippen molar-refractivity contribution in [2.24, 2.45) is 0 Å². The average Bonchev–Trinajstić information content (AvgIpc) is 2.28. The van der Waals surface area contributed by atoms with Crippen molar-refractivity contribution in [2.75, 3.05) is 12.8 Å². The van der Waals surface area contributed by atoms with Crippen LogP contribution in [0, 0.1) is 0 Å². The van der Waals surface area contributed by atoms with Crippen LogP contribution in [0.25, 0.3) is 0 Å². The molecule has 2 unspecified atom stereocenters. The third-order valence-electron chi connectivity index (χ3n) is 3.20. The van der Waals surface area contributed by atoms with E-state index in [4.69, 9.17) is 5.11 Å². The van der Waals surface area contributed by atoms with Crippen LogP contribution in [0.3, 0.4) is 0 Å². The second kappa shape index (κ2) is 6.89. The highest BCUT2D eigenvalue weighted by Gasteiger charge is 2.23. The number of carboxylic acids is 1. The van der Waals surface area contributed by atoms with E-state index in [0.29, 0.717) is 11.7 Å². The van der Waals surface area contributed by atoms with Gasteiger partial charge in [-0.05, 0) is 25.5 Å². The molecule has 0 spiro atoms. The van der Waals surface area contributed by atoms with Crippen molar-refractivity contribution in [1.82, 2.24) is 4.90 Å². The first-order valence-corrected chi connectivity index (χ1v) is 7.14. The Kier molecular flexibility index (Phi) is 5.82. The SMILES string of the molecule is CC(CC(=O)O)N(C)C(=O)CC1CCCCS1. The molecule has 1 aliphatic heterocycles. The summed E-state index contributed by atoms with van der Waals surface area (Å²) >= 11 is 1.87. The topological polar surface area (TPSA) is 57.6 Å². The number of nitrogens with zero attached hydrogens (tertiary/aromatic N) is 1. The van der Waals surface area contributed by atoms with E-state index in [0.717, 1.165) is 12.2 Å². The normalized spacial score (nSPS) is 21.9. The van der Waals surface area contributed by atoms with Gasteiger partial charge < -0.3 is 10.0 Å². The van der Waals surface area contributed by atoms with E-state index in [1.165, 1.54) is 12.8 Å². The first-order chi connectivity index (χ1) is 8.00. The molecular formula is C12H21NO3S. The Bertz CT molecular complexity index is 277. The van der Waals surface area contributed by atoms with Gasteiger partial charge in [-0.2, -0.15) is 11.8 Å². The predicted octanol–water partition coefficient (Wildman–Crippen LogP) is 1.98. The van der Waals surface area contributed by atoms with Crippen molar-refractivity contribution >= 4 is 23.6 Å². The van der Waals surface area contributed by atoms with Crippen LogP contribution < -0.4 is 0 Å². The predicted molar refractivity (Wildman–Crippen MR) is 69.2 cm³/mol. The first-order valence-electron chi connectivity index (χ1n) is 6.09. The molecule has 1 saturated heterocycles. The molecule has 17 heavy (non-hydrogen) atoms. The number of rotatable bonds is 5. The van der Waals surface area contributed by atoms with Gasteiger partial charge in [0.1, 0.15) is 0 Å². The molecular weight excluding hydrogens is 238 g/mol. The molecule has 0 bridgehead atoms. The minimum atomic E-state index is -0.857. The summed E-state index contributed by atoms with van der Waals surface area (Å²) in [6.07, 6.45) is 4.13. The fourth-order valence-electron chi connectivity index (χ4n) is 1.94. The van der Waals surface area contributed by atoms with Gasteiger partial charge in [-0.3, -0.25) is 9.59 Å². The van der Waals surface area contributed by atoms with Crippen LogP contribution >= 0.6 is 11.8 Å². The molecule has 4 nitrogen and oxygen atoms in total. The molecule has 0 aromatic rings. The number of carbonyl (C=O) groups excluding carboxylic acids is 1. The minimum Gasteiger partial charge on any atom is -0.481 e. The molecule has 1 N–H and O–H groups in total. The molecule has 5 heteroatoms. The van der Waals surface area contributed by atoms with Crippen LogP contribution in [0.15, 0.2) is 0 Å². The van der Waals surface area contributed by atoms with Crippen LogP contribution in [0.2, 0.25) is 0 Å². The van der Waals surface area contributed by atoms with Crippen molar-refractivity contribution in [2.45, 2.75) is 50.3 Å². The first kappa shape index (κ1) is 14.4. The molecule has 0 saturated carbocycles. The second-order valence-electron chi connectivity index (χ2n) is 4.64. The quantitative estimate of drug-likeness (QED) is 0.820. The van der Waals surface area contributed by atoms with Crippen molar-refractivity contribution in [3.05, 3.63) is 0 Å². The van der Waals surface area contributed by atoms with Crippen LogP contribution in [-0.4, -0.2) is 46.0 Å². The van der Waals surface area contributed by atoms with Gasteiger partial charge in [0, 0.05) is 24.8 Å². The largest absolute Gasteiger partial charge is 0.481 e. The summed E-state index contributed by atoms with van der Waals surface area (Å²) in [6.45, 7) is 1.78. The van der Waals surface area contributed by atoms with E-state index in [1.807, 2.05) is 11.8 Å². The summed E-state index contributed by atoms with van der Waals surface area (Å²) < 4.78 is 0. The second-order valence-corrected chi connectivity index (χ2v) is 6.05. The summed E-state index contributed by atoms with van der Waals surface area (Å²) in [5.41, 5.74) is 0. The highest BCUT2D eigenvalue weighted by molar-refractivity contribution is 7.99. The molecule has 1 aliphatic rings. The van der Waals surface area contributed by atoms with E-state index in [1.54, 1.807) is 18.9 Å². The zero-order chi connectivity index (χ0) is 12.8. The minimum absolute atomic E-state index is 0.0139. The van der Waals surface area contributed by atoms with E-state index in [-0.39, 0.29) is 18.4 Å². The summed E-state index contributed by atoms with van der Waals surface area (Å²) in [5.74, 6) is 0.356. The number of amides is 1. The van der Waals surface area contributed by atoms with Crippen LogP contribution in [-0.2, 0) is 9.59 Å². The summed E-state index contributed by atoms with van der Waals surface area (Å²) in [7, 11) is 1.70. The smallest absolute Gasteiger partial charge is 0.305 e. The molecule has 1 fully saturated rings. The van der Waals surface area contributed by atoms with Crippen molar-refractivity contribution in [3.8, 4) is 0 Å². The van der Waals surface area contributed by atoms with E-state index >= 15 is 0 Å². The molecule has 0 radical (unpaired) electrons. The van der Waals surface area contributed by atoms with Crippen molar-refractivity contribution in [1.29, 1.82) is 0 Å². The fraction of sp³-hybridized carbons (Fsp3) is 0.833. The van der Waals surface area contributed by atoms with Gasteiger partial charge in [0.25, 0.3) is 0 Å². The molecule has 1 heterocycles. The van der Waals surface area contributed by atoms with E-state index < -0.39 is 5.97 Å². The number of aliphatic carboxylic acids is 1. The number of hydrogen-bond donors (Lipinski definition) is 1. The van der Waals surface area contributed by atoms with Gasteiger partial charge in [-0.1, -0.05) is 6.42 Å². The molecule has 2 atom stereocenters. The highest BCUT2D eigenvalue weighted by atomic mass is 32.2. The Morgan fingerprint density at radius 2 is 2.18 bits per heavy atom. The van der Waals surface area contributed by atoms with E-state index in [9.17, 15) is 9.59 Å². The summed E-state index contributed by atoms with van der Waals surface area (Å²) in [4.78, 5) is 24.1. The zero-order valence-electron chi connectivity index (χ0n) is 10.5. The van der Waals surface area contributed by atoms with Gasteiger partial charge in [-0.25, -0.2) is 0 Å². The highest BCUT2D eigenvalue weighted by Crippen LogP contribution is 2.28.